The number of halogens is 1. The second-order valence-electron chi connectivity index (χ2n) is 6.89. The fourth-order valence-corrected chi connectivity index (χ4v) is 4.46. The van der Waals surface area contributed by atoms with E-state index in [0.717, 1.165) is 26.9 Å². The highest BCUT2D eigenvalue weighted by molar-refractivity contribution is 8.26. The Morgan fingerprint density at radius 2 is 1.80 bits per heavy atom. The summed E-state index contributed by atoms with van der Waals surface area (Å²) in [6.45, 7) is 0. The average Bonchev–Trinajstić information content (AvgIpc) is 3.15. The minimum Gasteiger partial charge on any atom is -0.282 e. The molecule has 0 radical (unpaired) electrons. The summed E-state index contributed by atoms with van der Waals surface area (Å²) in [6, 6.07) is 21.4. The molecule has 2 aliphatic rings. The Morgan fingerprint density at radius 3 is 2.63 bits per heavy atom. The zero-order valence-corrected chi connectivity index (χ0v) is 17.2. The summed E-state index contributed by atoms with van der Waals surface area (Å²) < 4.78 is 0. The molecule has 0 fully saturated rings. The number of amidine groups is 2. The molecule has 0 saturated heterocycles. The zero-order valence-electron chi connectivity index (χ0n) is 15.7. The first-order chi connectivity index (χ1) is 14.6. The molecule has 5 nitrogen and oxygen atoms in total. The van der Waals surface area contributed by atoms with Gasteiger partial charge in [-0.05, 0) is 51.9 Å². The van der Waals surface area contributed by atoms with Crippen LogP contribution in [0.2, 0.25) is 5.02 Å². The van der Waals surface area contributed by atoms with Gasteiger partial charge in [0.15, 0.2) is 5.84 Å². The normalized spacial score (nSPS) is 17.4. The van der Waals surface area contributed by atoms with Gasteiger partial charge in [0.1, 0.15) is 5.04 Å². The average molecular weight is 431 g/mol. The fourth-order valence-electron chi connectivity index (χ4n) is 3.41. The van der Waals surface area contributed by atoms with Gasteiger partial charge in [-0.15, -0.1) is 0 Å². The molecule has 0 atom stereocenters. The van der Waals surface area contributed by atoms with E-state index in [4.69, 9.17) is 17.0 Å². The van der Waals surface area contributed by atoms with Crippen molar-refractivity contribution < 1.29 is 4.79 Å². The summed E-state index contributed by atoms with van der Waals surface area (Å²) in [6.07, 6.45) is 2.31. The van der Waals surface area contributed by atoms with E-state index in [1.54, 1.807) is 6.08 Å². The molecular formula is C23H15ClN4OS. The molecule has 3 aromatic carbocycles. The molecule has 1 N–H and O–H groups in total. The third-order valence-corrected chi connectivity index (χ3v) is 6.05. The Morgan fingerprint density at radius 1 is 1.03 bits per heavy atom. The van der Waals surface area contributed by atoms with Gasteiger partial charge in [0.25, 0.3) is 5.91 Å². The van der Waals surface area contributed by atoms with E-state index in [1.807, 2.05) is 66.7 Å². The van der Waals surface area contributed by atoms with Crippen LogP contribution in [0.25, 0.3) is 16.8 Å². The van der Waals surface area contributed by atoms with Gasteiger partial charge in [0, 0.05) is 11.4 Å². The van der Waals surface area contributed by atoms with Crippen LogP contribution in [-0.4, -0.2) is 27.0 Å². The number of amides is 1. The van der Waals surface area contributed by atoms with Gasteiger partial charge in [0.05, 0.1) is 5.57 Å². The maximum atomic E-state index is 12.7. The first kappa shape index (κ1) is 18.8. The van der Waals surface area contributed by atoms with Crippen LogP contribution in [0.1, 0.15) is 11.1 Å². The van der Waals surface area contributed by atoms with Crippen molar-refractivity contribution in [3.05, 3.63) is 88.5 Å². The fraction of sp³-hybridized carbons (Fsp3) is 0.0435. The molecule has 0 aromatic heterocycles. The van der Waals surface area contributed by atoms with Gasteiger partial charge in [-0.3, -0.25) is 10.2 Å². The van der Waals surface area contributed by atoms with E-state index in [-0.39, 0.29) is 11.4 Å². The smallest absolute Gasteiger partial charge is 0.282 e. The molecule has 2 aliphatic heterocycles. The van der Waals surface area contributed by atoms with Gasteiger partial charge >= 0.3 is 0 Å². The van der Waals surface area contributed by atoms with Crippen molar-refractivity contribution in [1.82, 2.24) is 5.01 Å². The number of carbonyl (C=O) groups excluding carboxylic acids is 1. The number of carbonyl (C=O) groups is 1. The Balaban J connectivity index is 1.47. The quantitative estimate of drug-likeness (QED) is 0.569. The summed E-state index contributed by atoms with van der Waals surface area (Å²) in [5.41, 5.74) is 2.15. The molecule has 30 heavy (non-hydrogen) atoms. The number of fused-ring (bicyclic) bond motifs is 2. The van der Waals surface area contributed by atoms with Gasteiger partial charge in [0.2, 0.25) is 5.17 Å². The first-order valence-corrected chi connectivity index (χ1v) is 10.5. The molecule has 0 aliphatic carbocycles. The van der Waals surface area contributed by atoms with E-state index in [1.165, 1.54) is 16.8 Å². The van der Waals surface area contributed by atoms with E-state index >= 15 is 0 Å². The van der Waals surface area contributed by atoms with Crippen LogP contribution in [-0.2, 0) is 11.2 Å². The summed E-state index contributed by atoms with van der Waals surface area (Å²) in [5, 5.41) is 18.5. The second-order valence-corrected chi connectivity index (χ2v) is 8.36. The summed E-state index contributed by atoms with van der Waals surface area (Å²) >= 11 is 7.26. The molecule has 2 heterocycles. The van der Waals surface area contributed by atoms with Crippen molar-refractivity contribution in [2.45, 2.75) is 6.42 Å². The second kappa shape index (κ2) is 7.55. The van der Waals surface area contributed by atoms with E-state index in [9.17, 15) is 4.79 Å². The number of rotatable bonds is 3. The molecule has 5 rings (SSSR count). The summed E-state index contributed by atoms with van der Waals surface area (Å²) in [4.78, 5) is 16.9. The number of hydrazone groups is 1. The maximum Gasteiger partial charge on any atom is 0.283 e. The number of benzene rings is 3. The third kappa shape index (κ3) is 3.44. The summed E-state index contributed by atoms with van der Waals surface area (Å²) in [7, 11) is 0. The van der Waals surface area contributed by atoms with Crippen LogP contribution >= 0.6 is 23.4 Å². The molecule has 0 bridgehead atoms. The molecule has 7 heteroatoms. The minimum absolute atomic E-state index is 0.0385. The van der Waals surface area contributed by atoms with E-state index < -0.39 is 5.91 Å². The van der Waals surface area contributed by atoms with Crippen LogP contribution in [0.5, 0.6) is 0 Å². The highest BCUT2D eigenvalue weighted by atomic mass is 35.5. The van der Waals surface area contributed by atoms with Crippen LogP contribution < -0.4 is 0 Å². The lowest BCUT2D eigenvalue weighted by molar-refractivity contribution is -0.114. The van der Waals surface area contributed by atoms with Crippen LogP contribution in [0, 0.1) is 5.41 Å². The lowest BCUT2D eigenvalue weighted by Crippen LogP contribution is -2.35. The van der Waals surface area contributed by atoms with E-state index in [2.05, 4.69) is 10.1 Å². The van der Waals surface area contributed by atoms with Crippen molar-refractivity contribution in [1.29, 1.82) is 5.41 Å². The lowest BCUT2D eigenvalue weighted by atomic mass is 10.0. The molecule has 0 unspecified atom stereocenters. The largest absolute Gasteiger partial charge is 0.283 e. The van der Waals surface area contributed by atoms with E-state index in [0.29, 0.717) is 16.6 Å². The number of hydrogen-bond donors (Lipinski definition) is 1. The monoisotopic (exact) mass is 430 g/mol. The lowest BCUT2D eigenvalue weighted by Gasteiger charge is -2.20. The van der Waals surface area contributed by atoms with Crippen molar-refractivity contribution >= 4 is 62.2 Å². The van der Waals surface area contributed by atoms with Gasteiger partial charge in [-0.25, -0.2) is 0 Å². The van der Waals surface area contributed by atoms with Gasteiger partial charge in [-0.2, -0.15) is 15.1 Å². The predicted molar refractivity (Wildman–Crippen MR) is 124 cm³/mol. The maximum absolute atomic E-state index is 12.7. The van der Waals surface area contributed by atoms with Crippen LogP contribution in [0.4, 0.5) is 0 Å². The molecule has 146 valence electrons. The van der Waals surface area contributed by atoms with Gasteiger partial charge in [-0.1, -0.05) is 66.2 Å². The van der Waals surface area contributed by atoms with Crippen LogP contribution in [0.3, 0.4) is 0 Å². The zero-order chi connectivity index (χ0) is 20.7. The first-order valence-electron chi connectivity index (χ1n) is 9.30. The number of thioether (sulfide) groups is 1. The highest BCUT2D eigenvalue weighted by Crippen LogP contribution is 2.30. The molecular weight excluding hydrogens is 416 g/mol. The van der Waals surface area contributed by atoms with Gasteiger partial charge < -0.3 is 0 Å². The number of nitrogens with one attached hydrogen (secondary N) is 1. The Labute approximate surface area is 182 Å². The standard InChI is InChI=1S/C23H15ClN4OS/c24-17-10-8-14(9-11-17)12-20-27-28-21(25)19(22(29)26-23(28)30-20)13-16-6-3-5-15-4-1-2-7-18(15)16/h1-11,13,25H,12H2. The number of nitrogens with zero attached hydrogens (tertiary/aromatic N) is 3. The molecule has 0 spiro atoms. The molecule has 0 saturated carbocycles. The Bertz CT molecular complexity index is 1290. The van der Waals surface area contributed by atoms with Crippen molar-refractivity contribution in [2.75, 3.05) is 0 Å². The molecule has 3 aromatic rings. The van der Waals surface area contributed by atoms with Crippen LogP contribution in [0.15, 0.2) is 82.4 Å². The Hall–Kier alpha value is -3.22. The topological polar surface area (TPSA) is 68.9 Å². The van der Waals surface area contributed by atoms with Crippen molar-refractivity contribution in [3.8, 4) is 0 Å². The number of aliphatic imine (C=N–C) groups is 1. The highest BCUT2D eigenvalue weighted by Gasteiger charge is 2.35. The Kier molecular flexibility index (Phi) is 4.73. The third-order valence-electron chi connectivity index (χ3n) is 4.89. The summed E-state index contributed by atoms with van der Waals surface area (Å²) in [5.74, 6) is -0.383. The van der Waals surface area contributed by atoms with Crippen molar-refractivity contribution in [2.24, 2.45) is 10.1 Å². The SMILES string of the molecule is N=C1C(=Cc2cccc3ccccc23)C(=O)N=C2SC(Cc3ccc(Cl)cc3)=NN12. The number of hydrogen-bond acceptors (Lipinski definition) is 4. The predicted octanol–water partition coefficient (Wildman–Crippen LogP) is 5.36. The van der Waals surface area contributed by atoms with Crippen molar-refractivity contribution in [3.63, 3.8) is 0 Å². The minimum atomic E-state index is -0.422. The molecule has 1 amide bonds.